The average molecular weight is 272 g/mol. The van der Waals surface area contributed by atoms with E-state index in [0.717, 1.165) is 62.5 Å². The number of aryl methyl sites for hydroxylation is 1. The monoisotopic (exact) mass is 272 g/mol. The summed E-state index contributed by atoms with van der Waals surface area (Å²) in [6.45, 7) is 5.09. The van der Waals surface area contributed by atoms with E-state index in [1.165, 1.54) is 12.0 Å². The number of para-hydroxylation sites is 1. The second kappa shape index (κ2) is 5.86. The molecular formula is C17H24N2O. The van der Waals surface area contributed by atoms with Crippen molar-refractivity contribution in [2.45, 2.75) is 39.0 Å². The van der Waals surface area contributed by atoms with Crippen LogP contribution in [-0.2, 0) is 6.42 Å². The van der Waals surface area contributed by atoms with Crippen LogP contribution >= 0.6 is 0 Å². The van der Waals surface area contributed by atoms with Gasteiger partial charge in [-0.05, 0) is 49.7 Å². The Kier molecular flexibility index (Phi) is 3.95. The molecule has 0 bridgehead atoms. The summed E-state index contributed by atoms with van der Waals surface area (Å²) >= 11 is 0. The van der Waals surface area contributed by atoms with Crippen molar-refractivity contribution in [1.29, 1.82) is 0 Å². The number of benzene rings is 1. The van der Waals surface area contributed by atoms with Crippen molar-refractivity contribution in [3.8, 4) is 0 Å². The highest BCUT2D eigenvalue weighted by molar-refractivity contribution is 6.00. The highest BCUT2D eigenvalue weighted by atomic mass is 16.2. The zero-order valence-corrected chi connectivity index (χ0v) is 12.3. The number of fused-ring (bicyclic) bond motifs is 1. The molecule has 3 nitrogen and oxygen atoms in total. The summed E-state index contributed by atoms with van der Waals surface area (Å²) in [5.41, 5.74) is 3.25. The van der Waals surface area contributed by atoms with Crippen molar-refractivity contribution in [2.75, 3.05) is 25.0 Å². The van der Waals surface area contributed by atoms with Crippen molar-refractivity contribution in [2.24, 2.45) is 5.92 Å². The lowest BCUT2D eigenvalue weighted by Gasteiger charge is -2.25. The first-order valence-corrected chi connectivity index (χ1v) is 7.91. The number of nitrogens with zero attached hydrogens (tertiary/aromatic N) is 1. The Morgan fingerprint density at radius 3 is 3.05 bits per heavy atom. The molecular weight excluding hydrogens is 248 g/mol. The zero-order chi connectivity index (χ0) is 13.9. The second-order valence-electron chi connectivity index (χ2n) is 6.20. The highest BCUT2D eigenvalue weighted by Gasteiger charge is 2.23. The maximum Gasteiger partial charge on any atom is 0.255 e. The minimum absolute atomic E-state index is 0.213. The van der Waals surface area contributed by atoms with E-state index < -0.39 is 0 Å². The molecule has 3 heteroatoms. The molecule has 1 saturated heterocycles. The van der Waals surface area contributed by atoms with Gasteiger partial charge in [0.1, 0.15) is 0 Å². The molecule has 1 unspecified atom stereocenters. The van der Waals surface area contributed by atoms with E-state index in [4.69, 9.17) is 0 Å². The van der Waals surface area contributed by atoms with Gasteiger partial charge in [-0.3, -0.25) is 4.79 Å². The highest BCUT2D eigenvalue weighted by Crippen LogP contribution is 2.28. The van der Waals surface area contributed by atoms with Gasteiger partial charge in [0.2, 0.25) is 0 Å². The van der Waals surface area contributed by atoms with Crippen LogP contribution in [0.15, 0.2) is 18.2 Å². The molecule has 108 valence electrons. The van der Waals surface area contributed by atoms with Crippen molar-refractivity contribution in [3.63, 3.8) is 0 Å². The molecule has 0 spiro atoms. The van der Waals surface area contributed by atoms with E-state index in [1.54, 1.807) is 0 Å². The van der Waals surface area contributed by atoms with Gasteiger partial charge in [-0.15, -0.1) is 0 Å². The van der Waals surface area contributed by atoms with E-state index in [1.807, 2.05) is 12.1 Å². The molecule has 1 aromatic carbocycles. The van der Waals surface area contributed by atoms with Gasteiger partial charge < -0.3 is 10.2 Å². The third kappa shape index (κ3) is 2.67. The third-order valence-corrected chi connectivity index (χ3v) is 4.61. The van der Waals surface area contributed by atoms with E-state index in [-0.39, 0.29) is 5.91 Å². The van der Waals surface area contributed by atoms with Crippen LogP contribution < -0.4 is 5.32 Å². The van der Waals surface area contributed by atoms with Crippen LogP contribution in [0.1, 0.15) is 48.5 Å². The van der Waals surface area contributed by atoms with Crippen LogP contribution in [0.25, 0.3) is 0 Å². The summed E-state index contributed by atoms with van der Waals surface area (Å²) in [6, 6.07) is 6.15. The molecule has 0 radical (unpaired) electrons. The lowest BCUT2D eigenvalue weighted by molar-refractivity contribution is 0.0761. The zero-order valence-electron chi connectivity index (χ0n) is 12.3. The number of anilines is 1. The quantitative estimate of drug-likeness (QED) is 0.850. The Labute approximate surface area is 121 Å². The number of hydrogen-bond donors (Lipinski definition) is 1. The predicted octanol–water partition coefficient (Wildman–Crippen LogP) is 3.31. The van der Waals surface area contributed by atoms with Crippen LogP contribution in [0.5, 0.6) is 0 Å². The Hall–Kier alpha value is -1.51. The minimum Gasteiger partial charge on any atom is -0.384 e. The van der Waals surface area contributed by atoms with Gasteiger partial charge >= 0.3 is 0 Å². The maximum absolute atomic E-state index is 12.8. The van der Waals surface area contributed by atoms with Gasteiger partial charge in [0.25, 0.3) is 5.91 Å². The van der Waals surface area contributed by atoms with Crippen LogP contribution in [0.3, 0.4) is 0 Å². The Morgan fingerprint density at radius 1 is 1.25 bits per heavy atom. The largest absolute Gasteiger partial charge is 0.384 e. The molecule has 1 N–H and O–H groups in total. The first-order chi connectivity index (χ1) is 9.75. The van der Waals surface area contributed by atoms with Crippen molar-refractivity contribution in [1.82, 2.24) is 4.90 Å². The number of carbonyl (C=O) groups excluding carboxylic acids is 1. The van der Waals surface area contributed by atoms with Gasteiger partial charge in [-0.25, -0.2) is 0 Å². The van der Waals surface area contributed by atoms with Crippen LogP contribution in [0.2, 0.25) is 0 Å². The fourth-order valence-electron chi connectivity index (χ4n) is 3.32. The Morgan fingerprint density at radius 2 is 2.15 bits per heavy atom. The fraction of sp³-hybridized carbons (Fsp3) is 0.588. The summed E-state index contributed by atoms with van der Waals surface area (Å²) in [5, 5.41) is 3.43. The summed E-state index contributed by atoms with van der Waals surface area (Å²) in [5.74, 6) is 0.959. The van der Waals surface area contributed by atoms with Crippen LogP contribution in [0, 0.1) is 5.92 Å². The predicted molar refractivity (Wildman–Crippen MR) is 82.2 cm³/mol. The van der Waals surface area contributed by atoms with Gasteiger partial charge in [0.15, 0.2) is 0 Å². The minimum atomic E-state index is 0.213. The van der Waals surface area contributed by atoms with Gasteiger partial charge in [-0.2, -0.15) is 0 Å². The van der Waals surface area contributed by atoms with Gasteiger partial charge in [0.05, 0.1) is 11.3 Å². The molecule has 3 rings (SSSR count). The normalized spacial score (nSPS) is 22.6. The number of carbonyl (C=O) groups is 1. The van der Waals surface area contributed by atoms with Crippen LogP contribution in [0.4, 0.5) is 5.69 Å². The molecule has 2 heterocycles. The third-order valence-electron chi connectivity index (χ3n) is 4.61. The van der Waals surface area contributed by atoms with E-state index >= 15 is 0 Å². The molecule has 20 heavy (non-hydrogen) atoms. The van der Waals surface area contributed by atoms with E-state index in [2.05, 4.69) is 23.2 Å². The van der Waals surface area contributed by atoms with Gasteiger partial charge in [-0.1, -0.05) is 19.1 Å². The smallest absolute Gasteiger partial charge is 0.255 e. The number of hydrogen-bond acceptors (Lipinski definition) is 2. The van der Waals surface area contributed by atoms with E-state index in [0.29, 0.717) is 0 Å². The first kappa shape index (κ1) is 13.5. The summed E-state index contributed by atoms with van der Waals surface area (Å²) in [6.07, 6.45) is 5.75. The molecule has 1 atom stereocenters. The number of rotatable bonds is 1. The first-order valence-electron chi connectivity index (χ1n) is 7.91. The number of likely N-dealkylation sites (tertiary alicyclic amines) is 1. The summed E-state index contributed by atoms with van der Waals surface area (Å²) < 4.78 is 0. The molecule has 1 amide bonds. The van der Waals surface area contributed by atoms with Crippen molar-refractivity contribution < 1.29 is 4.79 Å². The average Bonchev–Trinajstić information content (AvgIpc) is 2.71. The number of nitrogens with one attached hydrogen (secondary N) is 1. The summed E-state index contributed by atoms with van der Waals surface area (Å²) in [7, 11) is 0. The molecule has 2 aliphatic rings. The van der Waals surface area contributed by atoms with E-state index in [9.17, 15) is 4.79 Å². The lowest BCUT2D eigenvalue weighted by Crippen LogP contribution is -2.33. The Balaban J connectivity index is 1.83. The molecule has 0 saturated carbocycles. The lowest BCUT2D eigenvalue weighted by atomic mass is 9.98. The molecule has 2 aliphatic heterocycles. The topological polar surface area (TPSA) is 32.3 Å². The molecule has 1 aromatic rings. The van der Waals surface area contributed by atoms with Gasteiger partial charge in [0, 0.05) is 19.6 Å². The Bertz CT molecular complexity index is 498. The summed E-state index contributed by atoms with van der Waals surface area (Å²) in [4.78, 5) is 14.9. The SMILES string of the molecule is CC1CCCN(C(=O)c2cccc3c2NCCC3)CC1. The van der Waals surface area contributed by atoms with Crippen molar-refractivity contribution >= 4 is 11.6 Å². The van der Waals surface area contributed by atoms with Crippen LogP contribution in [-0.4, -0.2) is 30.4 Å². The number of amides is 1. The standard InChI is InChI=1S/C17H24N2O/c1-13-5-4-11-19(12-9-13)17(20)15-8-2-6-14-7-3-10-18-16(14)15/h2,6,8,13,18H,3-5,7,9-12H2,1H3. The molecule has 0 aliphatic carbocycles. The molecule has 0 aromatic heterocycles. The maximum atomic E-state index is 12.8. The second-order valence-corrected chi connectivity index (χ2v) is 6.20. The van der Waals surface area contributed by atoms with Crippen molar-refractivity contribution in [3.05, 3.63) is 29.3 Å². The molecule has 1 fully saturated rings. The fourth-order valence-corrected chi connectivity index (χ4v) is 3.32.